The molecular formula is C12H14FN3O2. The second-order valence-electron chi connectivity index (χ2n) is 4.26. The van der Waals surface area contributed by atoms with Gasteiger partial charge in [-0.25, -0.2) is 4.39 Å². The van der Waals surface area contributed by atoms with Gasteiger partial charge in [-0.15, -0.1) is 0 Å². The zero-order chi connectivity index (χ0) is 13.7. The van der Waals surface area contributed by atoms with Crippen molar-refractivity contribution < 1.29 is 9.31 Å². The molecule has 1 atom stereocenters. The van der Waals surface area contributed by atoms with Gasteiger partial charge in [-0.05, 0) is 26.1 Å². The Labute approximate surface area is 105 Å². The largest absolute Gasteiger partial charge is 0.301 e. The Morgan fingerprint density at radius 2 is 2.28 bits per heavy atom. The maximum atomic E-state index is 13.1. The van der Waals surface area contributed by atoms with Crippen LogP contribution in [0, 0.1) is 33.2 Å². The zero-order valence-electron chi connectivity index (χ0n) is 10.3. The molecule has 1 aromatic carbocycles. The first-order valence-corrected chi connectivity index (χ1v) is 5.45. The van der Waals surface area contributed by atoms with Crippen molar-refractivity contribution in [2.45, 2.75) is 13.5 Å². The van der Waals surface area contributed by atoms with Crippen LogP contribution in [-0.4, -0.2) is 23.4 Å². The first kappa shape index (κ1) is 14.1. The molecule has 0 amide bonds. The van der Waals surface area contributed by atoms with E-state index in [1.54, 1.807) is 18.9 Å². The monoisotopic (exact) mass is 251 g/mol. The van der Waals surface area contributed by atoms with Gasteiger partial charge < -0.3 is 4.90 Å². The summed E-state index contributed by atoms with van der Waals surface area (Å²) in [4.78, 5) is 12.0. The van der Waals surface area contributed by atoms with Crippen molar-refractivity contribution in [3.8, 4) is 6.07 Å². The van der Waals surface area contributed by atoms with Crippen molar-refractivity contribution >= 4 is 5.69 Å². The third-order valence-corrected chi connectivity index (χ3v) is 2.48. The van der Waals surface area contributed by atoms with Crippen LogP contribution in [0.3, 0.4) is 0 Å². The van der Waals surface area contributed by atoms with Crippen molar-refractivity contribution in [1.29, 1.82) is 5.26 Å². The first-order valence-electron chi connectivity index (χ1n) is 5.45. The van der Waals surface area contributed by atoms with Gasteiger partial charge in [0, 0.05) is 24.7 Å². The van der Waals surface area contributed by atoms with Gasteiger partial charge in [-0.3, -0.25) is 10.1 Å². The smallest absolute Gasteiger partial charge is 0.274 e. The van der Waals surface area contributed by atoms with Crippen LogP contribution >= 0.6 is 0 Å². The lowest BCUT2D eigenvalue weighted by molar-refractivity contribution is -0.385. The Morgan fingerprint density at radius 1 is 1.61 bits per heavy atom. The number of nitriles is 1. The lowest BCUT2D eigenvalue weighted by atomic mass is 10.1. The molecule has 1 aromatic rings. The number of benzene rings is 1. The minimum atomic E-state index is -0.531. The quantitative estimate of drug-likeness (QED) is 0.594. The van der Waals surface area contributed by atoms with Crippen LogP contribution < -0.4 is 0 Å². The molecular weight excluding hydrogens is 237 g/mol. The summed E-state index contributed by atoms with van der Waals surface area (Å²) in [6, 6.07) is 5.47. The lowest BCUT2D eigenvalue weighted by Gasteiger charge is -2.17. The number of halogens is 1. The molecule has 1 rings (SSSR count). The Hall–Kier alpha value is -2.00. The first-order chi connectivity index (χ1) is 8.43. The van der Waals surface area contributed by atoms with Gasteiger partial charge >= 0.3 is 0 Å². The highest BCUT2D eigenvalue weighted by Gasteiger charge is 2.16. The van der Waals surface area contributed by atoms with Gasteiger partial charge in [-0.2, -0.15) is 5.26 Å². The second kappa shape index (κ2) is 6.07. The predicted octanol–water partition coefficient (Wildman–Crippen LogP) is 2.33. The van der Waals surface area contributed by atoms with Gasteiger partial charge in [-0.1, -0.05) is 0 Å². The van der Waals surface area contributed by atoms with E-state index in [0.29, 0.717) is 12.1 Å². The molecule has 0 saturated carbocycles. The molecule has 0 aromatic heterocycles. The summed E-state index contributed by atoms with van der Waals surface area (Å²) in [6.07, 6.45) is 0. The van der Waals surface area contributed by atoms with Crippen molar-refractivity contribution in [3.63, 3.8) is 0 Å². The number of nitrogens with zero attached hydrogens (tertiary/aromatic N) is 3. The lowest BCUT2D eigenvalue weighted by Crippen LogP contribution is -2.23. The van der Waals surface area contributed by atoms with Crippen LogP contribution in [0.25, 0.3) is 0 Å². The molecule has 0 fully saturated rings. The predicted molar refractivity (Wildman–Crippen MR) is 64.2 cm³/mol. The summed E-state index contributed by atoms with van der Waals surface area (Å²) < 4.78 is 13.1. The zero-order valence-corrected chi connectivity index (χ0v) is 10.3. The topological polar surface area (TPSA) is 70.2 Å². The van der Waals surface area contributed by atoms with Crippen molar-refractivity contribution in [2.75, 3.05) is 13.6 Å². The van der Waals surface area contributed by atoms with Gasteiger partial charge in [0.05, 0.1) is 16.9 Å². The number of nitro benzene ring substituents is 1. The Bertz CT molecular complexity index is 485. The maximum absolute atomic E-state index is 13.1. The van der Waals surface area contributed by atoms with Gasteiger partial charge in [0.1, 0.15) is 5.82 Å². The van der Waals surface area contributed by atoms with Crippen molar-refractivity contribution in [2.24, 2.45) is 5.92 Å². The van der Waals surface area contributed by atoms with E-state index < -0.39 is 10.7 Å². The normalized spacial score (nSPS) is 12.2. The van der Waals surface area contributed by atoms with E-state index in [1.165, 1.54) is 0 Å². The van der Waals surface area contributed by atoms with E-state index in [4.69, 9.17) is 5.26 Å². The van der Waals surface area contributed by atoms with Crippen LogP contribution in [-0.2, 0) is 6.54 Å². The molecule has 96 valence electrons. The summed E-state index contributed by atoms with van der Waals surface area (Å²) in [6.45, 7) is 2.47. The third kappa shape index (κ3) is 3.79. The molecule has 0 N–H and O–H groups in total. The van der Waals surface area contributed by atoms with Crippen LogP contribution in [0.15, 0.2) is 18.2 Å². The molecule has 0 aliphatic carbocycles. The van der Waals surface area contributed by atoms with Crippen LogP contribution in [0.5, 0.6) is 0 Å². The SMILES string of the molecule is CC(C#N)CN(C)Cc1cc(F)ccc1[N+](=O)[O-]. The fourth-order valence-electron chi connectivity index (χ4n) is 1.72. The minimum Gasteiger partial charge on any atom is -0.301 e. The van der Waals surface area contributed by atoms with Crippen LogP contribution in [0.2, 0.25) is 0 Å². The average Bonchev–Trinajstić information content (AvgIpc) is 2.28. The standard InChI is InChI=1S/C12H14FN3O2/c1-9(6-14)7-15(2)8-10-5-11(13)3-4-12(10)16(17)18/h3-5,9H,7-8H2,1-2H3. The molecule has 6 heteroatoms. The summed E-state index contributed by atoms with van der Waals surface area (Å²) in [7, 11) is 1.74. The van der Waals surface area contributed by atoms with Gasteiger partial charge in [0.2, 0.25) is 0 Å². The molecule has 0 radical (unpaired) electrons. The Kier molecular flexibility index (Phi) is 4.75. The van der Waals surface area contributed by atoms with Crippen molar-refractivity contribution in [1.82, 2.24) is 4.90 Å². The minimum absolute atomic E-state index is 0.104. The molecule has 0 spiro atoms. The second-order valence-corrected chi connectivity index (χ2v) is 4.26. The molecule has 18 heavy (non-hydrogen) atoms. The van der Waals surface area contributed by atoms with E-state index in [9.17, 15) is 14.5 Å². The summed E-state index contributed by atoms with van der Waals surface area (Å²) in [5.41, 5.74) is 0.209. The number of rotatable bonds is 5. The third-order valence-electron chi connectivity index (χ3n) is 2.48. The Balaban J connectivity index is 2.86. The molecule has 0 aliphatic heterocycles. The highest BCUT2D eigenvalue weighted by Crippen LogP contribution is 2.21. The molecule has 0 aliphatic rings. The highest BCUT2D eigenvalue weighted by atomic mass is 19.1. The Morgan fingerprint density at radius 3 is 2.83 bits per heavy atom. The van der Waals surface area contributed by atoms with Gasteiger partial charge in [0.25, 0.3) is 5.69 Å². The molecule has 0 heterocycles. The molecule has 0 saturated heterocycles. The van der Waals surface area contributed by atoms with E-state index in [-0.39, 0.29) is 18.2 Å². The molecule has 1 unspecified atom stereocenters. The van der Waals surface area contributed by atoms with Gasteiger partial charge in [0.15, 0.2) is 0 Å². The fraction of sp³-hybridized carbons (Fsp3) is 0.417. The summed E-state index contributed by atoms with van der Waals surface area (Å²) in [5, 5.41) is 19.5. The summed E-state index contributed by atoms with van der Waals surface area (Å²) in [5.74, 6) is -0.681. The fourth-order valence-corrected chi connectivity index (χ4v) is 1.72. The number of hydrogen-bond donors (Lipinski definition) is 0. The average molecular weight is 251 g/mol. The molecule has 0 bridgehead atoms. The van der Waals surface area contributed by atoms with E-state index in [1.807, 2.05) is 0 Å². The van der Waals surface area contributed by atoms with E-state index in [2.05, 4.69) is 6.07 Å². The summed E-state index contributed by atoms with van der Waals surface area (Å²) >= 11 is 0. The highest BCUT2D eigenvalue weighted by molar-refractivity contribution is 5.40. The van der Waals surface area contributed by atoms with E-state index >= 15 is 0 Å². The van der Waals surface area contributed by atoms with E-state index in [0.717, 1.165) is 18.2 Å². The van der Waals surface area contributed by atoms with Crippen LogP contribution in [0.4, 0.5) is 10.1 Å². The van der Waals surface area contributed by atoms with Crippen LogP contribution in [0.1, 0.15) is 12.5 Å². The molecule has 5 nitrogen and oxygen atoms in total. The number of hydrogen-bond acceptors (Lipinski definition) is 4. The van der Waals surface area contributed by atoms with Crippen molar-refractivity contribution in [3.05, 3.63) is 39.7 Å². The maximum Gasteiger partial charge on any atom is 0.274 e. The number of nitro groups is 1.